The summed E-state index contributed by atoms with van der Waals surface area (Å²) in [4.78, 5) is 26.7. The van der Waals surface area contributed by atoms with Crippen LogP contribution in [0.4, 0.5) is 0 Å². The van der Waals surface area contributed by atoms with Gasteiger partial charge in [-0.3, -0.25) is 14.5 Å². The van der Waals surface area contributed by atoms with Crippen LogP contribution in [0.5, 0.6) is 0 Å². The van der Waals surface area contributed by atoms with E-state index in [0.29, 0.717) is 6.54 Å². The van der Waals surface area contributed by atoms with Crippen molar-refractivity contribution in [3.8, 4) is 0 Å². The number of carbonyl (C=O) groups excluding carboxylic acids is 2. The first-order valence-corrected chi connectivity index (χ1v) is 8.78. The van der Waals surface area contributed by atoms with Gasteiger partial charge in [0.15, 0.2) is 0 Å². The fraction of sp³-hybridized carbons (Fsp3) is 0.579. The van der Waals surface area contributed by atoms with E-state index in [9.17, 15) is 9.59 Å². The fourth-order valence-electron chi connectivity index (χ4n) is 2.86. The number of rotatable bonds is 7. The van der Waals surface area contributed by atoms with Crippen LogP contribution in [0.15, 0.2) is 30.3 Å². The molecule has 1 heterocycles. The van der Waals surface area contributed by atoms with Gasteiger partial charge in [0.2, 0.25) is 11.8 Å². The fourth-order valence-corrected chi connectivity index (χ4v) is 2.86. The van der Waals surface area contributed by atoms with E-state index < -0.39 is 0 Å². The number of nitrogens with zero attached hydrogens (tertiary/aromatic N) is 1. The molecule has 1 aliphatic rings. The Bertz CT molecular complexity index is 557. The molecule has 0 radical (unpaired) electrons. The summed E-state index contributed by atoms with van der Waals surface area (Å²) in [5.74, 6) is -0.104. The molecule has 0 unspecified atom stereocenters. The summed E-state index contributed by atoms with van der Waals surface area (Å²) in [6.45, 7) is 8.25. The highest BCUT2D eigenvalue weighted by molar-refractivity contribution is 5.89. The third-order valence-electron chi connectivity index (χ3n) is 4.71. The second kappa shape index (κ2) is 8.29. The second-order valence-corrected chi connectivity index (χ2v) is 7.07. The van der Waals surface area contributed by atoms with E-state index >= 15 is 0 Å². The van der Waals surface area contributed by atoms with Gasteiger partial charge < -0.3 is 10.6 Å². The van der Waals surface area contributed by atoms with Gasteiger partial charge in [-0.05, 0) is 32.3 Å². The van der Waals surface area contributed by atoms with Crippen molar-refractivity contribution in [3.63, 3.8) is 0 Å². The van der Waals surface area contributed by atoms with E-state index in [2.05, 4.69) is 27.7 Å². The zero-order valence-electron chi connectivity index (χ0n) is 15.0. The number of benzene rings is 1. The van der Waals surface area contributed by atoms with Crippen molar-refractivity contribution in [1.29, 1.82) is 0 Å². The SMILES string of the molecule is CCC(C)(C)NC(=O)C[C@H]1C(=O)NCCN1CCc1ccccc1. The Morgan fingerprint density at radius 1 is 1.33 bits per heavy atom. The van der Waals surface area contributed by atoms with Crippen LogP contribution in [0.25, 0.3) is 0 Å². The molecule has 1 fully saturated rings. The van der Waals surface area contributed by atoms with E-state index in [1.807, 2.05) is 39.0 Å². The lowest BCUT2D eigenvalue weighted by Gasteiger charge is -2.35. The largest absolute Gasteiger partial charge is 0.353 e. The number of hydrogen-bond acceptors (Lipinski definition) is 3. The summed E-state index contributed by atoms with van der Waals surface area (Å²) in [5.41, 5.74) is 1.01. The van der Waals surface area contributed by atoms with Crippen LogP contribution >= 0.6 is 0 Å². The maximum Gasteiger partial charge on any atom is 0.237 e. The molecule has 2 N–H and O–H groups in total. The lowest BCUT2D eigenvalue weighted by atomic mass is 10.0. The monoisotopic (exact) mass is 331 g/mol. The second-order valence-electron chi connectivity index (χ2n) is 7.07. The molecule has 0 bridgehead atoms. The van der Waals surface area contributed by atoms with Crippen LogP contribution in [0.2, 0.25) is 0 Å². The highest BCUT2D eigenvalue weighted by atomic mass is 16.2. The zero-order valence-corrected chi connectivity index (χ0v) is 15.0. The Morgan fingerprint density at radius 2 is 2.04 bits per heavy atom. The average Bonchev–Trinajstić information content (AvgIpc) is 2.56. The Labute approximate surface area is 144 Å². The van der Waals surface area contributed by atoms with Crippen molar-refractivity contribution in [2.75, 3.05) is 19.6 Å². The third kappa shape index (κ3) is 5.34. The van der Waals surface area contributed by atoms with Crippen molar-refractivity contribution in [1.82, 2.24) is 15.5 Å². The molecular weight excluding hydrogens is 302 g/mol. The highest BCUT2D eigenvalue weighted by Crippen LogP contribution is 2.13. The van der Waals surface area contributed by atoms with Crippen molar-refractivity contribution in [2.45, 2.75) is 51.6 Å². The summed E-state index contributed by atoms with van der Waals surface area (Å²) < 4.78 is 0. The lowest BCUT2D eigenvalue weighted by Crippen LogP contribution is -2.57. The minimum absolute atomic E-state index is 0.0428. The average molecular weight is 331 g/mol. The van der Waals surface area contributed by atoms with Gasteiger partial charge >= 0.3 is 0 Å². The molecule has 2 rings (SSSR count). The molecule has 1 aromatic rings. The standard InChI is InChI=1S/C19H29N3O2/c1-4-19(2,3)21-17(23)14-16-18(24)20-11-13-22(16)12-10-15-8-6-5-7-9-15/h5-9,16H,4,10-14H2,1-3H3,(H,20,24)(H,21,23)/t16-/m0/s1. The van der Waals surface area contributed by atoms with Gasteiger partial charge in [-0.1, -0.05) is 37.3 Å². The first-order chi connectivity index (χ1) is 11.4. The number of piperazine rings is 1. The van der Waals surface area contributed by atoms with E-state index in [1.165, 1.54) is 5.56 Å². The summed E-state index contributed by atoms with van der Waals surface area (Å²) in [6.07, 6.45) is 1.95. The van der Waals surface area contributed by atoms with E-state index in [0.717, 1.165) is 25.9 Å². The van der Waals surface area contributed by atoms with Crippen molar-refractivity contribution >= 4 is 11.8 Å². The summed E-state index contributed by atoms with van der Waals surface area (Å²) in [6, 6.07) is 9.85. The Hall–Kier alpha value is -1.88. The van der Waals surface area contributed by atoms with Gasteiger partial charge in [0.05, 0.1) is 12.5 Å². The number of nitrogens with one attached hydrogen (secondary N) is 2. The normalized spacial score (nSPS) is 19.0. The zero-order chi connectivity index (χ0) is 17.6. The molecule has 1 atom stereocenters. The lowest BCUT2D eigenvalue weighted by molar-refractivity contribution is -0.134. The van der Waals surface area contributed by atoms with Gasteiger partial charge in [-0.25, -0.2) is 0 Å². The highest BCUT2D eigenvalue weighted by Gasteiger charge is 2.32. The van der Waals surface area contributed by atoms with Crippen LogP contribution in [-0.2, 0) is 16.0 Å². The Morgan fingerprint density at radius 3 is 2.71 bits per heavy atom. The Kier molecular flexibility index (Phi) is 6.37. The maximum atomic E-state index is 12.3. The van der Waals surface area contributed by atoms with Gasteiger partial charge in [0, 0.05) is 25.2 Å². The molecular formula is C19H29N3O2. The predicted octanol–water partition coefficient (Wildman–Crippen LogP) is 1.72. The minimum Gasteiger partial charge on any atom is -0.353 e. The smallest absolute Gasteiger partial charge is 0.237 e. The predicted molar refractivity (Wildman–Crippen MR) is 95.6 cm³/mol. The molecule has 1 aliphatic heterocycles. The van der Waals surface area contributed by atoms with Crippen LogP contribution in [0, 0.1) is 0 Å². The summed E-state index contributed by atoms with van der Waals surface area (Å²) in [7, 11) is 0. The van der Waals surface area contributed by atoms with Crippen LogP contribution in [-0.4, -0.2) is 47.9 Å². The molecule has 132 valence electrons. The maximum absolute atomic E-state index is 12.3. The Balaban J connectivity index is 1.95. The quantitative estimate of drug-likeness (QED) is 0.800. The van der Waals surface area contributed by atoms with Crippen LogP contribution in [0.3, 0.4) is 0 Å². The van der Waals surface area contributed by atoms with Crippen molar-refractivity contribution < 1.29 is 9.59 Å². The molecule has 1 saturated heterocycles. The molecule has 0 saturated carbocycles. The van der Waals surface area contributed by atoms with Gasteiger partial charge in [-0.15, -0.1) is 0 Å². The van der Waals surface area contributed by atoms with Gasteiger partial charge in [0.25, 0.3) is 0 Å². The van der Waals surface area contributed by atoms with Crippen LogP contribution in [0.1, 0.15) is 39.2 Å². The first kappa shape index (κ1) is 18.5. The van der Waals surface area contributed by atoms with Crippen LogP contribution < -0.4 is 10.6 Å². The molecule has 0 aromatic heterocycles. The molecule has 0 spiro atoms. The summed E-state index contributed by atoms with van der Waals surface area (Å²) in [5, 5.41) is 5.90. The van der Waals surface area contributed by atoms with E-state index in [-0.39, 0.29) is 29.8 Å². The molecule has 2 amide bonds. The van der Waals surface area contributed by atoms with E-state index in [1.54, 1.807) is 0 Å². The molecule has 24 heavy (non-hydrogen) atoms. The first-order valence-electron chi connectivity index (χ1n) is 8.78. The topological polar surface area (TPSA) is 61.4 Å². The van der Waals surface area contributed by atoms with E-state index in [4.69, 9.17) is 0 Å². The van der Waals surface area contributed by atoms with Gasteiger partial charge in [-0.2, -0.15) is 0 Å². The number of amides is 2. The molecule has 1 aromatic carbocycles. The molecule has 5 nitrogen and oxygen atoms in total. The molecule has 5 heteroatoms. The van der Waals surface area contributed by atoms with Crippen molar-refractivity contribution in [2.24, 2.45) is 0 Å². The van der Waals surface area contributed by atoms with Crippen molar-refractivity contribution in [3.05, 3.63) is 35.9 Å². The molecule has 0 aliphatic carbocycles. The van der Waals surface area contributed by atoms with Gasteiger partial charge in [0.1, 0.15) is 0 Å². The summed E-state index contributed by atoms with van der Waals surface area (Å²) >= 11 is 0. The number of carbonyl (C=O) groups is 2. The minimum atomic E-state index is -0.380. The number of hydrogen-bond donors (Lipinski definition) is 2. The third-order valence-corrected chi connectivity index (χ3v) is 4.71.